The molecule has 4 heterocycles. The Kier molecular flexibility index (Phi) is 4.53. The smallest absolute Gasteiger partial charge is 0.197 e. The van der Waals surface area contributed by atoms with Crippen LogP contribution in [0.25, 0.3) is 11.1 Å². The van der Waals surface area contributed by atoms with Gasteiger partial charge in [0.1, 0.15) is 17.3 Å². The van der Waals surface area contributed by atoms with E-state index in [4.69, 9.17) is 20.5 Å². The summed E-state index contributed by atoms with van der Waals surface area (Å²) in [5.41, 5.74) is 11.7. The molecule has 0 spiro atoms. The van der Waals surface area contributed by atoms with Gasteiger partial charge in [-0.3, -0.25) is 10.1 Å². The van der Waals surface area contributed by atoms with Crippen LogP contribution in [-0.2, 0) is 20.0 Å². The third kappa shape index (κ3) is 3.67. The maximum atomic E-state index is 8.89. The van der Waals surface area contributed by atoms with Crippen molar-refractivity contribution in [2.45, 2.75) is 31.7 Å². The molecule has 0 unspecified atom stereocenters. The number of aromatic nitrogens is 4. The molecule has 0 bridgehead atoms. The van der Waals surface area contributed by atoms with Crippen LogP contribution < -0.4 is 10.6 Å². The van der Waals surface area contributed by atoms with Crippen molar-refractivity contribution in [3.05, 3.63) is 77.4 Å². The van der Waals surface area contributed by atoms with Crippen molar-refractivity contribution >= 4 is 17.2 Å². The van der Waals surface area contributed by atoms with E-state index in [1.54, 1.807) is 10.9 Å². The number of hydrogen-bond donors (Lipinski definition) is 2. The topological polar surface area (TPSA) is 110 Å². The summed E-state index contributed by atoms with van der Waals surface area (Å²) in [5, 5.41) is 13.1. The van der Waals surface area contributed by atoms with E-state index in [-0.39, 0.29) is 0 Å². The van der Waals surface area contributed by atoms with Crippen LogP contribution in [-0.4, -0.2) is 32.0 Å². The maximum absolute atomic E-state index is 8.89. The average molecular weight is 440 g/mol. The molecule has 8 nitrogen and oxygen atoms in total. The zero-order valence-electron chi connectivity index (χ0n) is 18.5. The van der Waals surface area contributed by atoms with Crippen molar-refractivity contribution in [1.29, 1.82) is 5.41 Å². The molecule has 0 amide bonds. The van der Waals surface area contributed by atoms with E-state index in [2.05, 4.69) is 15.0 Å². The molecular formula is C25H25N7O. The van der Waals surface area contributed by atoms with Crippen molar-refractivity contribution in [2.24, 2.45) is 7.05 Å². The highest BCUT2D eigenvalue weighted by molar-refractivity contribution is 6.14. The van der Waals surface area contributed by atoms with Gasteiger partial charge in [0.2, 0.25) is 0 Å². The van der Waals surface area contributed by atoms with Gasteiger partial charge in [-0.1, -0.05) is 6.07 Å². The molecule has 8 heteroatoms. The largest absolute Gasteiger partial charge is 0.445 e. The number of benzene rings is 1. The van der Waals surface area contributed by atoms with E-state index in [1.165, 1.54) is 12.8 Å². The van der Waals surface area contributed by atoms with Gasteiger partial charge in [0, 0.05) is 60.7 Å². The minimum absolute atomic E-state index is 0.372. The monoisotopic (exact) mass is 439 g/mol. The number of fused-ring (bicyclic) bond motifs is 1. The average Bonchev–Trinajstić information content (AvgIpc) is 3.46. The van der Waals surface area contributed by atoms with Gasteiger partial charge in [0.15, 0.2) is 5.89 Å². The summed E-state index contributed by atoms with van der Waals surface area (Å²) in [7, 11) is 1.89. The van der Waals surface area contributed by atoms with Gasteiger partial charge in [-0.15, -0.1) is 0 Å². The zero-order chi connectivity index (χ0) is 22.5. The molecule has 1 fully saturated rings. The number of nitrogens with one attached hydrogen (secondary N) is 1. The fourth-order valence-electron chi connectivity index (χ4n) is 4.34. The third-order valence-electron chi connectivity index (χ3n) is 6.39. The Morgan fingerprint density at radius 3 is 2.85 bits per heavy atom. The molecule has 2 aliphatic rings. The SMILES string of the molecule is Cn1cc(-c2ccc(N)c(C(=N)c3ccnc(N4CCc5oc(C6CC6)nc5C4)c3)c2)cn1. The molecule has 166 valence electrons. The molecule has 0 atom stereocenters. The van der Waals surface area contributed by atoms with Crippen LogP contribution in [0.1, 0.15) is 47.2 Å². The first-order valence-corrected chi connectivity index (χ1v) is 11.2. The fourth-order valence-corrected chi connectivity index (χ4v) is 4.34. The van der Waals surface area contributed by atoms with Crippen LogP contribution in [0.2, 0.25) is 0 Å². The van der Waals surface area contributed by atoms with Crippen LogP contribution in [0.3, 0.4) is 0 Å². The fraction of sp³-hybridized carbons (Fsp3) is 0.280. The summed E-state index contributed by atoms with van der Waals surface area (Å²) >= 11 is 0. The summed E-state index contributed by atoms with van der Waals surface area (Å²) in [4.78, 5) is 11.5. The quantitative estimate of drug-likeness (QED) is 0.360. The number of nitrogens with zero attached hydrogens (tertiary/aromatic N) is 5. The maximum Gasteiger partial charge on any atom is 0.197 e. The summed E-state index contributed by atoms with van der Waals surface area (Å²) < 4.78 is 7.75. The molecule has 33 heavy (non-hydrogen) atoms. The first-order valence-electron chi connectivity index (χ1n) is 11.2. The van der Waals surface area contributed by atoms with Crippen LogP contribution >= 0.6 is 0 Å². The van der Waals surface area contributed by atoms with E-state index in [0.717, 1.165) is 52.8 Å². The highest BCUT2D eigenvalue weighted by Crippen LogP contribution is 2.41. The lowest BCUT2D eigenvalue weighted by atomic mass is 9.97. The van der Waals surface area contributed by atoms with Crippen molar-refractivity contribution in [3.63, 3.8) is 0 Å². The highest BCUT2D eigenvalue weighted by atomic mass is 16.4. The molecule has 3 aromatic heterocycles. The number of nitrogens with two attached hydrogens (primary N) is 1. The number of pyridine rings is 1. The molecule has 0 saturated heterocycles. The normalized spacial score (nSPS) is 15.5. The van der Waals surface area contributed by atoms with Crippen molar-refractivity contribution in [1.82, 2.24) is 19.7 Å². The molecule has 1 aliphatic heterocycles. The summed E-state index contributed by atoms with van der Waals surface area (Å²) in [5.74, 6) is 3.26. The molecule has 1 aliphatic carbocycles. The highest BCUT2D eigenvalue weighted by Gasteiger charge is 2.32. The minimum Gasteiger partial charge on any atom is -0.445 e. The summed E-state index contributed by atoms with van der Waals surface area (Å²) in [6.07, 6.45) is 8.70. The summed E-state index contributed by atoms with van der Waals surface area (Å²) in [6, 6.07) is 9.59. The Bertz CT molecular complexity index is 1360. The number of rotatable bonds is 5. The van der Waals surface area contributed by atoms with E-state index in [1.807, 2.05) is 49.8 Å². The van der Waals surface area contributed by atoms with Gasteiger partial charge >= 0.3 is 0 Å². The van der Waals surface area contributed by atoms with Crippen molar-refractivity contribution in [3.8, 4) is 11.1 Å². The summed E-state index contributed by atoms with van der Waals surface area (Å²) in [6.45, 7) is 1.49. The van der Waals surface area contributed by atoms with Crippen LogP contribution in [0.4, 0.5) is 11.5 Å². The molecular weight excluding hydrogens is 414 g/mol. The number of nitrogen functional groups attached to an aromatic ring is 1. The van der Waals surface area contributed by atoms with E-state index >= 15 is 0 Å². The minimum atomic E-state index is 0.372. The second-order valence-corrected chi connectivity index (χ2v) is 8.85. The lowest BCUT2D eigenvalue weighted by molar-refractivity contribution is 0.447. The molecule has 1 aromatic carbocycles. The van der Waals surface area contributed by atoms with Gasteiger partial charge in [0.05, 0.1) is 18.5 Å². The molecule has 6 rings (SSSR count). The van der Waals surface area contributed by atoms with Gasteiger partial charge < -0.3 is 15.1 Å². The van der Waals surface area contributed by atoms with Gasteiger partial charge in [-0.2, -0.15) is 5.10 Å². The number of aryl methyl sites for hydroxylation is 1. The first kappa shape index (κ1) is 19.7. The lowest BCUT2D eigenvalue weighted by Gasteiger charge is -2.26. The molecule has 1 saturated carbocycles. The third-order valence-corrected chi connectivity index (χ3v) is 6.39. The Morgan fingerprint density at radius 1 is 1.18 bits per heavy atom. The predicted octanol–water partition coefficient (Wildman–Crippen LogP) is 3.91. The van der Waals surface area contributed by atoms with Crippen LogP contribution in [0.15, 0.2) is 53.3 Å². The first-order chi connectivity index (χ1) is 16.0. The van der Waals surface area contributed by atoms with E-state index < -0.39 is 0 Å². The predicted molar refractivity (Wildman–Crippen MR) is 126 cm³/mol. The Hall–Kier alpha value is -3.94. The Labute approximate surface area is 191 Å². The standard InChI is InChI=1S/C25H25N7O/c1-31-13-18(12-29-31)16-4-5-20(26)19(10-16)24(27)17-6-8-28-23(11-17)32-9-7-22-21(14-32)30-25(33-22)15-2-3-15/h4-6,8,10-13,15,27H,2-3,7,9,14,26H2,1H3. The Balaban J connectivity index is 1.27. The van der Waals surface area contributed by atoms with Crippen molar-refractivity contribution < 1.29 is 4.42 Å². The van der Waals surface area contributed by atoms with Crippen molar-refractivity contribution in [2.75, 3.05) is 17.2 Å². The van der Waals surface area contributed by atoms with Crippen LogP contribution in [0, 0.1) is 5.41 Å². The van der Waals surface area contributed by atoms with Crippen LogP contribution in [0.5, 0.6) is 0 Å². The van der Waals surface area contributed by atoms with Gasteiger partial charge in [-0.25, -0.2) is 9.97 Å². The van der Waals surface area contributed by atoms with Gasteiger partial charge in [0.25, 0.3) is 0 Å². The number of oxazole rings is 1. The molecule has 4 aromatic rings. The Morgan fingerprint density at radius 2 is 2.06 bits per heavy atom. The second kappa shape index (κ2) is 7.58. The van der Waals surface area contributed by atoms with E-state index in [0.29, 0.717) is 29.4 Å². The number of hydrogen-bond acceptors (Lipinski definition) is 7. The molecule has 0 radical (unpaired) electrons. The lowest BCUT2D eigenvalue weighted by Crippen LogP contribution is -2.30. The van der Waals surface area contributed by atoms with Gasteiger partial charge in [-0.05, 0) is 42.7 Å². The molecule has 3 N–H and O–H groups in total. The van der Waals surface area contributed by atoms with E-state index in [9.17, 15) is 0 Å². The number of anilines is 2. The zero-order valence-corrected chi connectivity index (χ0v) is 18.5. The second-order valence-electron chi connectivity index (χ2n) is 8.85.